The zero-order valence-electron chi connectivity index (χ0n) is 15.8. The van der Waals surface area contributed by atoms with Crippen LogP contribution in [0.5, 0.6) is 11.5 Å². The summed E-state index contributed by atoms with van der Waals surface area (Å²) in [5.74, 6) is -0.488. The lowest BCUT2D eigenvalue weighted by Crippen LogP contribution is -2.45. The molecule has 3 aromatic carbocycles. The van der Waals surface area contributed by atoms with Crippen molar-refractivity contribution < 1.29 is 22.7 Å². The monoisotopic (exact) mass is 422 g/mol. The van der Waals surface area contributed by atoms with Crippen molar-refractivity contribution in [1.29, 1.82) is 0 Å². The molecule has 1 N–H and O–H groups in total. The summed E-state index contributed by atoms with van der Waals surface area (Å²) in [5, 5.41) is 2.62. The maximum absolute atomic E-state index is 12.6. The minimum Gasteiger partial charge on any atom is -0.457 e. The van der Waals surface area contributed by atoms with Gasteiger partial charge >= 0.3 is 0 Å². The molecule has 8 heteroatoms. The Balaban J connectivity index is 1.47. The maximum atomic E-state index is 12.6. The zero-order chi connectivity index (χ0) is 21.1. The van der Waals surface area contributed by atoms with Crippen molar-refractivity contribution in [1.82, 2.24) is 4.31 Å². The first-order valence-corrected chi connectivity index (χ1v) is 10.8. The first kappa shape index (κ1) is 19.7. The Morgan fingerprint density at radius 1 is 0.933 bits per heavy atom. The molecule has 0 spiro atoms. The summed E-state index contributed by atoms with van der Waals surface area (Å²) >= 11 is 0. The normalized spacial score (nSPS) is 14.7. The third kappa shape index (κ3) is 4.18. The van der Waals surface area contributed by atoms with E-state index in [2.05, 4.69) is 5.32 Å². The maximum Gasteiger partial charge on any atom is 0.268 e. The third-order valence-electron chi connectivity index (χ3n) is 4.53. The van der Waals surface area contributed by atoms with Crippen molar-refractivity contribution in [3.8, 4) is 11.5 Å². The molecule has 0 aromatic heterocycles. The van der Waals surface area contributed by atoms with E-state index >= 15 is 0 Å². The van der Waals surface area contributed by atoms with Gasteiger partial charge in [0.1, 0.15) is 18.0 Å². The fourth-order valence-corrected chi connectivity index (χ4v) is 4.62. The Hall–Kier alpha value is -3.65. The standard InChI is InChI=1S/C22H18N2O5S/c25-21(14-24-22(26)20-12-5-4-7-16(20)15-30(24,27)28)23-17-8-6-11-19(13-17)29-18-9-2-1-3-10-18/h1-13H,14-15H2,(H,23,25). The molecule has 0 fully saturated rings. The highest BCUT2D eigenvalue weighted by Crippen LogP contribution is 2.26. The number of hydrogen-bond donors (Lipinski definition) is 1. The number of sulfonamides is 1. The molecule has 152 valence electrons. The molecule has 1 heterocycles. The summed E-state index contributed by atoms with van der Waals surface area (Å²) < 4.78 is 31.4. The van der Waals surface area contributed by atoms with Crippen molar-refractivity contribution in [2.45, 2.75) is 5.75 Å². The van der Waals surface area contributed by atoms with Crippen LogP contribution in [-0.2, 0) is 20.6 Å². The molecule has 0 radical (unpaired) electrons. The highest BCUT2D eigenvalue weighted by Gasteiger charge is 2.36. The number of benzene rings is 3. The number of fused-ring (bicyclic) bond motifs is 1. The van der Waals surface area contributed by atoms with Gasteiger partial charge in [-0.1, -0.05) is 42.5 Å². The highest BCUT2D eigenvalue weighted by atomic mass is 32.2. The molecule has 7 nitrogen and oxygen atoms in total. The Morgan fingerprint density at radius 2 is 1.63 bits per heavy atom. The first-order valence-electron chi connectivity index (χ1n) is 9.18. The van der Waals surface area contributed by atoms with Gasteiger partial charge in [0.2, 0.25) is 15.9 Å². The summed E-state index contributed by atoms with van der Waals surface area (Å²) in [5.41, 5.74) is 1.15. The SMILES string of the molecule is O=C(CN1C(=O)c2ccccc2CS1(=O)=O)Nc1cccc(Oc2ccccc2)c1. The molecule has 2 amide bonds. The van der Waals surface area contributed by atoms with Crippen molar-refractivity contribution in [3.05, 3.63) is 90.0 Å². The third-order valence-corrected chi connectivity index (χ3v) is 6.17. The van der Waals surface area contributed by atoms with Gasteiger partial charge in [0, 0.05) is 17.3 Å². The predicted molar refractivity (Wildman–Crippen MR) is 112 cm³/mol. The Morgan fingerprint density at radius 3 is 2.43 bits per heavy atom. The number of carbonyl (C=O) groups excluding carboxylic acids is 2. The smallest absolute Gasteiger partial charge is 0.268 e. The van der Waals surface area contributed by atoms with Crippen LogP contribution in [0.15, 0.2) is 78.9 Å². The van der Waals surface area contributed by atoms with Crippen molar-refractivity contribution in [2.75, 3.05) is 11.9 Å². The van der Waals surface area contributed by atoms with Crippen molar-refractivity contribution in [3.63, 3.8) is 0 Å². The number of para-hydroxylation sites is 1. The van der Waals surface area contributed by atoms with Crippen LogP contribution in [0.3, 0.4) is 0 Å². The minimum absolute atomic E-state index is 0.290. The van der Waals surface area contributed by atoms with Crippen molar-refractivity contribution >= 4 is 27.5 Å². The molecule has 1 aliphatic rings. The van der Waals surface area contributed by atoms with E-state index in [-0.39, 0.29) is 5.75 Å². The average molecular weight is 422 g/mol. The quantitative estimate of drug-likeness (QED) is 0.680. The van der Waals surface area contributed by atoms with E-state index in [0.717, 1.165) is 0 Å². The molecule has 0 bridgehead atoms. The van der Waals surface area contributed by atoms with Crippen LogP contribution in [0.1, 0.15) is 15.9 Å². The minimum atomic E-state index is -3.92. The number of amides is 2. The lowest BCUT2D eigenvalue weighted by molar-refractivity contribution is -0.116. The van der Waals surface area contributed by atoms with E-state index in [1.54, 1.807) is 60.7 Å². The first-order chi connectivity index (χ1) is 14.4. The Labute approximate surface area is 174 Å². The van der Waals surface area contributed by atoms with Gasteiger partial charge in [0.15, 0.2) is 0 Å². The largest absolute Gasteiger partial charge is 0.457 e. The summed E-state index contributed by atoms with van der Waals surface area (Å²) in [6.07, 6.45) is 0. The Bertz CT molecular complexity index is 1210. The number of nitrogens with one attached hydrogen (secondary N) is 1. The van der Waals surface area contributed by atoms with Crippen molar-refractivity contribution in [2.24, 2.45) is 0 Å². The molecular formula is C22H18N2O5S. The number of ether oxygens (including phenoxy) is 1. The summed E-state index contributed by atoms with van der Waals surface area (Å²) in [7, 11) is -3.92. The van der Waals surface area contributed by atoms with E-state index in [4.69, 9.17) is 4.74 Å². The van der Waals surface area contributed by atoms with Gasteiger partial charge in [0.05, 0.1) is 5.75 Å². The average Bonchev–Trinajstić information content (AvgIpc) is 2.72. The lowest BCUT2D eigenvalue weighted by Gasteiger charge is -2.27. The summed E-state index contributed by atoms with van der Waals surface area (Å²) in [6, 6.07) is 22.4. The molecule has 1 aliphatic heterocycles. The summed E-state index contributed by atoms with van der Waals surface area (Å²) in [6.45, 7) is -0.598. The van der Waals surface area contributed by atoms with Gasteiger partial charge in [-0.05, 0) is 35.9 Å². The highest BCUT2D eigenvalue weighted by molar-refractivity contribution is 7.89. The van der Waals surface area contributed by atoms with Crippen LogP contribution < -0.4 is 10.1 Å². The topological polar surface area (TPSA) is 92.8 Å². The lowest BCUT2D eigenvalue weighted by atomic mass is 10.1. The van der Waals surface area contributed by atoms with Gasteiger partial charge in [-0.25, -0.2) is 12.7 Å². The van der Waals surface area contributed by atoms with E-state index in [1.807, 2.05) is 18.2 Å². The second kappa shape index (κ2) is 8.00. The van der Waals surface area contributed by atoms with E-state index in [9.17, 15) is 18.0 Å². The molecule has 0 atom stereocenters. The van der Waals surface area contributed by atoms with E-state index < -0.39 is 28.4 Å². The van der Waals surface area contributed by atoms with Crippen LogP contribution in [-0.4, -0.2) is 31.1 Å². The molecule has 0 saturated carbocycles. The number of hydrogen-bond acceptors (Lipinski definition) is 5. The predicted octanol–water partition coefficient (Wildman–Crippen LogP) is 3.40. The zero-order valence-corrected chi connectivity index (χ0v) is 16.6. The number of carbonyl (C=O) groups is 2. The molecule has 0 unspecified atom stereocenters. The van der Waals surface area contributed by atoms with Gasteiger partial charge in [0.25, 0.3) is 5.91 Å². The van der Waals surface area contributed by atoms with Crippen LogP contribution in [0.25, 0.3) is 0 Å². The van der Waals surface area contributed by atoms with Gasteiger partial charge in [-0.2, -0.15) is 0 Å². The van der Waals surface area contributed by atoms with Gasteiger partial charge < -0.3 is 10.1 Å². The summed E-state index contributed by atoms with van der Waals surface area (Å²) in [4.78, 5) is 25.1. The van der Waals surface area contributed by atoms with E-state index in [1.165, 1.54) is 0 Å². The van der Waals surface area contributed by atoms with Gasteiger partial charge in [-0.3, -0.25) is 9.59 Å². The molecule has 0 saturated heterocycles. The fourth-order valence-electron chi connectivity index (χ4n) is 3.15. The number of rotatable bonds is 5. The van der Waals surface area contributed by atoms with Crippen LogP contribution >= 0.6 is 0 Å². The van der Waals surface area contributed by atoms with Crippen LogP contribution in [0.2, 0.25) is 0 Å². The fraction of sp³-hybridized carbons (Fsp3) is 0.0909. The molecule has 30 heavy (non-hydrogen) atoms. The van der Waals surface area contributed by atoms with E-state index in [0.29, 0.717) is 32.6 Å². The second-order valence-electron chi connectivity index (χ2n) is 6.72. The van der Waals surface area contributed by atoms with Crippen LogP contribution in [0, 0.1) is 0 Å². The Kier molecular flexibility index (Phi) is 5.24. The molecule has 0 aliphatic carbocycles. The van der Waals surface area contributed by atoms with Crippen LogP contribution in [0.4, 0.5) is 5.69 Å². The molecule has 3 aromatic rings. The molecular weight excluding hydrogens is 404 g/mol. The second-order valence-corrected chi connectivity index (χ2v) is 8.61. The number of anilines is 1. The molecule has 4 rings (SSSR count). The van der Waals surface area contributed by atoms with Gasteiger partial charge in [-0.15, -0.1) is 0 Å². The number of nitrogens with zero attached hydrogens (tertiary/aromatic N) is 1.